The van der Waals surface area contributed by atoms with E-state index < -0.39 is 22.8 Å². The fourth-order valence-electron chi connectivity index (χ4n) is 3.40. The molecule has 1 aromatic rings. The summed E-state index contributed by atoms with van der Waals surface area (Å²) in [4.78, 5) is -0.159. The zero-order valence-corrected chi connectivity index (χ0v) is 19.9. The third-order valence-corrected chi connectivity index (χ3v) is 5.98. The largest absolute Gasteiger partial charge is 0.768 e. The van der Waals surface area contributed by atoms with Crippen molar-refractivity contribution in [2.75, 3.05) is 26.2 Å². The number of hydrogen-bond donors (Lipinski definition) is 0. The quantitative estimate of drug-likeness (QED) is 0.240. The van der Waals surface area contributed by atoms with E-state index in [0.717, 1.165) is 24.3 Å². The molecule has 0 bridgehead atoms. The highest BCUT2D eigenvalue weighted by Gasteiger charge is 2.30. The van der Waals surface area contributed by atoms with Gasteiger partial charge in [0.2, 0.25) is 0 Å². The molecule has 1 rings (SSSR count). The van der Waals surface area contributed by atoms with Gasteiger partial charge in [-0.25, -0.2) is 0 Å². The minimum atomic E-state index is -4.43. The number of alkyl halides is 3. The van der Waals surface area contributed by atoms with Crippen molar-refractivity contribution in [1.82, 2.24) is 0 Å². The lowest BCUT2D eigenvalue weighted by molar-refractivity contribution is -0.929. The molecule has 176 valence electrons. The van der Waals surface area contributed by atoms with Gasteiger partial charge >= 0.3 is 6.18 Å². The maximum atomic E-state index is 12.0. The second kappa shape index (κ2) is 15.8. The lowest BCUT2D eigenvalue weighted by atomic mass is 10.1. The molecule has 0 spiro atoms. The Labute approximate surface area is 183 Å². The van der Waals surface area contributed by atoms with E-state index in [1.807, 2.05) is 0 Å². The van der Waals surface area contributed by atoms with E-state index in [1.54, 1.807) is 0 Å². The van der Waals surface area contributed by atoms with Crippen LogP contribution >= 0.6 is 0 Å². The number of hydrogen-bond acceptors (Lipinski definition) is 2. The molecule has 0 saturated heterocycles. The van der Waals surface area contributed by atoms with Gasteiger partial charge in [-0.05, 0) is 61.0 Å². The zero-order chi connectivity index (χ0) is 23.0. The summed E-state index contributed by atoms with van der Waals surface area (Å²) < 4.78 is 57.9. The van der Waals surface area contributed by atoms with Gasteiger partial charge in [0.1, 0.15) is 0 Å². The highest BCUT2D eigenvalue weighted by molar-refractivity contribution is 7.79. The molecule has 30 heavy (non-hydrogen) atoms. The molecule has 0 radical (unpaired) electrons. The van der Waals surface area contributed by atoms with Crippen molar-refractivity contribution in [2.24, 2.45) is 0 Å². The Kier molecular flexibility index (Phi) is 15.3. The first kappa shape index (κ1) is 29.1. The van der Waals surface area contributed by atoms with Crippen LogP contribution in [0.5, 0.6) is 0 Å². The third-order valence-electron chi connectivity index (χ3n) is 5.32. The van der Waals surface area contributed by atoms with Crippen molar-refractivity contribution in [3.05, 3.63) is 29.8 Å². The van der Waals surface area contributed by atoms with Crippen LogP contribution in [0, 0.1) is 0 Å². The standard InChI is InChI=1S/C16H36N.C7H5F3O2S/c1-5-9-13-17(14-10-6-2,15-11-7-3)16-12-8-4;8-7(9,10)5-1-3-6(4-2-5)13(11)12/h5-16H2,1-4H3;1-4H,(H,11,12)/q+1;/p-1. The molecule has 0 aromatic heterocycles. The van der Waals surface area contributed by atoms with Crippen LogP contribution in [-0.4, -0.2) is 39.4 Å². The molecule has 0 amide bonds. The monoisotopic (exact) mass is 451 g/mol. The number of halogens is 3. The van der Waals surface area contributed by atoms with Gasteiger partial charge in [0.15, 0.2) is 0 Å². The molecule has 0 aliphatic rings. The SMILES string of the molecule is CCCC[N+](CCCC)(CCCC)CCCC.O=S([O-])c1ccc(C(F)(F)F)cc1. The van der Waals surface area contributed by atoms with Crippen LogP contribution in [0.4, 0.5) is 13.2 Å². The van der Waals surface area contributed by atoms with Crippen LogP contribution in [0.2, 0.25) is 0 Å². The van der Waals surface area contributed by atoms with Crippen LogP contribution < -0.4 is 0 Å². The number of rotatable bonds is 13. The Hall–Kier alpha value is -0.920. The van der Waals surface area contributed by atoms with Gasteiger partial charge in [-0.15, -0.1) is 0 Å². The number of unbranched alkanes of at least 4 members (excludes halogenated alkanes) is 4. The van der Waals surface area contributed by atoms with E-state index in [9.17, 15) is 21.9 Å². The van der Waals surface area contributed by atoms with Crippen molar-refractivity contribution in [1.29, 1.82) is 0 Å². The summed E-state index contributed by atoms with van der Waals surface area (Å²) in [5.41, 5.74) is -0.860. The van der Waals surface area contributed by atoms with E-state index in [2.05, 4.69) is 27.7 Å². The number of nitrogens with zero attached hydrogens (tertiary/aromatic N) is 1. The van der Waals surface area contributed by atoms with Crippen LogP contribution in [0.3, 0.4) is 0 Å². The van der Waals surface area contributed by atoms with Crippen LogP contribution in [0.15, 0.2) is 29.2 Å². The fraction of sp³-hybridized carbons (Fsp3) is 0.739. The molecule has 0 saturated carbocycles. The predicted octanol–water partition coefficient (Wildman–Crippen LogP) is 6.95. The summed E-state index contributed by atoms with van der Waals surface area (Å²) in [7, 11) is 0. The Morgan fingerprint density at radius 3 is 1.33 bits per heavy atom. The van der Waals surface area contributed by atoms with Crippen molar-refractivity contribution in [3.63, 3.8) is 0 Å². The summed E-state index contributed by atoms with van der Waals surface area (Å²) >= 11 is -2.48. The average molecular weight is 452 g/mol. The molecule has 7 heteroatoms. The Morgan fingerprint density at radius 2 is 1.10 bits per heavy atom. The van der Waals surface area contributed by atoms with Gasteiger partial charge in [0, 0.05) is 4.90 Å². The summed E-state index contributed by atoms with van der Waals surface area (Å²) in [6.45, 7) is 15.0. The Bertz CT molecular complexity index is 539. The lowest BCUT2D eigenvalue weighted by Gasteiger charge is -2.39. The van der Waals surface area contributed by atoms with Gasteiger partial charge in [-0.3, -0.25) is 4.21 Å². The second-order valence-electron chi connectivity index (χ2n) is 7.91. The van der Waals surface area contributed by atoms with Gasteiger partial charge in [-0.1, -0.05) is 53.4 Å². The van der Waals surface area contributed by atoms with Crippen LogP contribution in [0.1, 0.15) is 84.6 Å². The minimum Gasteiger partial charge on any atom is -0.768 e. The predicted molar refractivity (Wildman–Crippen MR) is 118 cm³/mol. The average Bonchev–Trinajstić information content (AvgIpc) is 2.72. The van der Waals surface area contributed by atoms with E-state index in [4.69, 9.17) is 0 Å². The zero-order valence-electron chi connectivity index (χ0n) is 19.1. The number of quaternary nitrogens is 1. The molecule has 0 heterocycles. The molecular weight excluding hydrogens is 411 g/mol. The molecule has 1 atom stereocenters. The summed E-state index contributed by atoms with van der Waals surface area (Å²) in [6, 6.07) is 3.27. The van der Waals surface area contributed by atoms with Gasteiger partial charge < -0.3 is 9.04 Å². The Morgan fingerprint density at radius 1 is 0.767 bits per heavy atom. The van der Waals surface area contributed by atoms with Gasteiger partial charge in [0.05, 0.1) is 31.7 Å². The molecule has 0 aliphatic carbocycles. The lowest BCUT2D eigenvalue weighted by Crippen LogP contribution is -2.50. The molecule has 0 N–H and O–H groups in total. The molecule has 0 aliphatic heterocycles. The first-order valence-corrected chi connectivity index (χ1v) is 12.3. The highest BCUT2D eigenvalue weighted by Crippen LogP contribution is 2.29. The number of benzene rings is 1. The Balaban J connectivity index is 0.000000579. The van der Waals surface area contributed by atoms with E-state index in [1.165, 1.54) is 82.0 Å². The van der Waals surface area contributed by atoms with E-state index in [0.29, 0.717) is 0 Å². The van der Waals surface area contributed by atoms with Crippen molar-refractivity contribution < 1.29 is 26.4 Å². The third kappa shape index (κ3) is 12.1. The first-order chi connectivity index (χ1) is 14.2. The molecular formula is C23H40F3NO2S. The van der Waals surface area contributed by atoms with Crippen molar-refractivity contribution in [3.8, 4) is 0 Å². The molecule has 1 aromatic carbocycles. The van der Waals surface area contributed by atoms with Gasteiger partial charge in [-0.2, -0.15) is 13.2 Å². The molecule has 0 fully saturated rings. The normalized spacial score (nSPS) is 12.9. The smallest absolute Gasteiger partial charge is 0.416 e. The maximum Gasteiger partial charge on any atom is 0.416 e. The molecule has 3 nitrogen and oxygen atoms in total. The van der Waals surface area contributed by atoms with Crippen LogP contribution in [0.25, 0.3) is 0 Å². The fourth-order valence-corrected chi connectivity index (χ4v) is 3.76. The topological polar surface area (TPSA) is 40.1 Å². The van der Waals surface area contributed by atoms with Crippen molar-refractivity contribution >= 4 is 11.1 Å². The first-order valence-electron chi connectivity index (χ1n) is 11.3. The summed E-state index contributed by atoms with van der Waals surface area (Å²) in [5.74, 6) is 0. The summed E-state index contributed by atoms with van der Waals surface area (Å²) in [6.07, 6.45) is 6.63. The minimum absolute atomic E-state index is 0.159. The maximum absolute atomic E-state index is 12.0. The van der Waals surface area contributed by atoms with Gasteiger partial charge in [0.25, 0.3) is 0 Å². The second-order valence-corrected chi connectivity index (χ2v) is 8.85. The van der Waals surface area contributed by atoms with Crippen LogP contribution in [-0.2, 0) is 17.3 Å². The van der Waals surface area contributed by atoms with E-state index >= 15 is 0 Å². The molecule has 1 unspecified atom stereocenters. The highest BCUT2D eigenvalue weighted by atomic mass is 32.2. The van der Waals surface area contributed by atoms with E-state index in [-0.39, 0.29) is 4.90 Å². The summed E-state index contributed by atoms with van der Waals surface area (Å²) in [5, 5.41) is 0. The van der Waals surface area contributed by atoms with Crippen molar-refractivity contribution in [2.45, 2.75) is 90.1 Å².